The van der Waals surface area contributed by atoms with Crippen LogP contribution in [0.25, 0.3) is 0 Å². The Hall–Kier alpha value is -2.33. The lowest BCUT2D eigenvalue weighted by Crippen LogP contribution is -2.70. The van der Waals surface area contributed by atoms with Gasteiger partial charge in [0, 0.05) is 30.8 Å². The van der Waals surface area contributed by atoms with E-state index in [0.717, 1.165) is 42.7 Å². The molecule has 1 unspecified atom stereocenters. The van der Waals surface area contributed by atoms with Gasteiger partial charge in [0.05, 0.1) is 32.7 Å². The summed E-state index contributed by atoms with van der Waals surface area (Å²) in [5, 5.41) is 3.06. The van der Waals surface area contributed by atoms with Gasteiger partial charge >= 0.3 is 0 Å². The molecule has 2 fully saturated rings. The minimum atomic E-state index is -3.67. The minimum Gasteiger partial charge on any atom is -0.497 e. The SMILES string of the molecule is COc1cc(OC)cc(N2C(=O)CN(S(C)(=O)=O)CC2(C)C(=O)NC2CCCCC2)c1. The first-order valence-corrected chi connectivity index (χ1v) is 12.3. The third-order valence-corrected chi connectivity index (χ3v) is 7.23. The lowest BCUT2D eigenvalue weighted by atomic mass is 9.91. The average molecular weight is 454 g/mol. The number of amides is 2. The molecule has 2 aliphatic rings. The van der Waals surface area contributed by atoms with Gasteiger partial charge in [-0.3, -0.25) is 14.5 Å². The average Bonchev–Trinajstić information content (AvgIpc) is 2.73. The van der Waals surface area contributed by atoms with Crippen molar-refractivity contribution >= 4 is 27.5 Å². The molecule has 1 aliphatic carbocycles. The fourth-order valence-corrected chi connectivity index (χ4v) is 5.14. The van der Waals surface area contributed by atoms with Gasteiger partial charge in [0.2, 0.25) is 21.8 Å². The van der Waals surface area contributed by atoms with Crippen LogP contribution in [0, 0.1) is 0 Å². The number of methoxy groups -OCH3 is 2. The molecule has 0 bridgehead atoms. The van der Waals surface area contributed by atoms with Crippen molar-refractivity contribution in [3.8, 4) is 11.5 Å². The van der Waals surface area contributed by atoms with Crippen LogP contribution in [0.5, 0.6) is 11.5 Å². The van der Waals surface area contributed by atoms with E-state index in [0.29, 0.717) is 17.2 Å². The summed E-state index contributed by atoms with van der Waals surface area (Å²) in [5.74, 6) is 0.0571. The van der Waals surface area contributed by atoms with Gasteiger partial charge in [-0.15, -0.1) is 0 Å². The molecule has 10 heteroatoms. The quantitative estimate of drug-likeness (QED) is 0.700. The molecule has 2 amide bonds. The summed E-state index contributed by atoms with van der Waals surface area (Å²) in [5.41, 5.74) is -1.02. The Morgan fingerprint density at radius 3 is 2.19 bits per heavy atom. The van der Waals surface area contributed by atoms with Crippen LogP contribution in [-0.2, 0) is 19.6 Å². The summed E-state index contributed by atoms with van der Waals surface area (Å²) in [6, 6.07) is 4.97. The molecule has 1 aliphatic heterocycles. The molecule has 1 atom stereocenters. The monoisotopic (exact) mass is 453 g/mol. The first-order valence-electron chi connectivity index (χ1n) is 10.4. The molecule has 1 saturated carbocycles. The van der Waals surface area contributed by atoms with Gasteiger partial charge in [0.25, 0.3) is 0 Å². The maximum Gasteiger partial charge on any atom is 0.247 e. The first kappa shape index (κ1) is 23.3. The molecular formula is C21H31N3O6S. The van der Waals surface area contributed by atoms with Gasteiger partial charge in [-0.2, -0.15) is 4.31 Å². The molecule has 9 nitrogen and oxygen atoms in total. The van der Waals surface area contributed by atoms with Crippen LogP contribution in [0.2, 0.25) is 0 Å². The number of hydrogen-bond donors (Lipinski definition) is 1. The molecule has 0 aromatic heterocycles. The van der Waals surface area contributed by atoms with Crippen molar-refractivity contribution in [1.82, 2.24) is 9.62 Å². The van der Waals surface area contributed by atoms with Crippen molar-refractivity contribution in [2.24, 2.45) is 0 Å². The number of benzene rings is 1. The smallest absolute Gasteiger partial charge is 0.247 e. The molecule has 31 heavy (non-hydrogen) atoms. The largest absolute Gasteiger partial charge is 0.497 e. The fourth-order valence-electron chi connectivity index (χ4n) is 4.31. The molecule has 0 spiro atoms. The van der Waals surface area contributed by atoms with Crippen LogP contribution in [0.1, 0.15) is 39.0 Å². The van der Waals surface area contributed by atoms with Crippen LogP contribution < -0.4 is 19.7 Å². The Bertz CT molecular complexity index is 922. The lowest BCUT2D eigenvalue weighted by Gasteiger charge is -2.47. The number of carbonyl (C=O) groups excluding carboxylic acids is 2. The second-order valence-corrected chi connectivity index (χ2v) is 10.4. The van der Waals surface area contributed by atoms with E-state index >= 15 is 0 Å². The van der Waals surface area contributed by atoms with E-state index in [4.69, 9.17) is 9.47 Å². The zero-order valence-corrected chi connectivity index (χ0v) is 19.3. The topological polar surface area (TPSA) is 105 Å². The third kappa shape index (κ3) is 4.95. The van der Waals surface area contributed by atoms with Crippen molar-refractivity contribution in [3.63, 3.8) is 0 Å². The predicted octanol–water partition coefficient (Wildman–Crippen LogP) is 1.52. The standard InChI is InChI=1S/C21H31N3O6S/c1-21(20(26)22-15-8-6-5-7-9-15)14-23(31(4,27)28)13-19(25)24(21)16-10-17(29-2)12-18(11-16)30-3/h10-12,15H,5-9,13-14H2,1-4H3,(H,22,26). The number of nitrogens with zero attached hydrogens (tertiary/aromatic N) is 2. The molecule has 1 aromatic carbocycles. The Morgan fingerprint density at radius 1 is 1.10 bits per heavy atom. The summed E-state index contributed by atoms with van der Waals surface area (Å²) in [6.45, 7) is 1.12. The highest BCUT2D eigenvalue weighted by molar-refractivity contribution is 7.88. The summed E-state index contributed by atoms with van der Waals surface area (Å²) < 4.78 is 36.2. The number of rotatable bonds is 6. The van der Waals surface area contributed by atoms with Crippen LogP contribution >= 0.6 is 0 Å². The van der Waals surface area contributed by atoms with E-state index in [1.54, 1.807) is 25.1 Å². The van der Waals surface area contributed by atoms with Gasteiger partial charge in [-0.05, 0) is 19.8 Å². The fraction of sp³-hybridized carbons (Fsp3) is 0.619. The van der Waals surface area contributed by atoms with Gasteiger partial charge in [0.15, 0.2) is 0 Å². The van der Waals surface area contributed by atoms with Gasteiger partial charge in [0.1, 0.15) is 17.0 Å². The lowest BCUT2D eigenvalue weighted by molar-refractivity contribution is -0.133. The minimum absolute atomic E-state index is 0.0171. The van der Waals surface area contributed by atoms with Gasteiger partial charge in [-0.25, -0.2) is 8.42 Å². The van der Waals surface area contributed by atoms with Crippen LogP contribution in [0.15, 0.2) is 18.2 Å². The van der Waals surface area contributed by atoms with Gasteiger partial charge in [-0.1, -0.05) is 19.3 Å². The summed E-state index contributed by atoms with van der Waals surface area (Å²) in [7, 11) is -0.677. The molecule has 3 rings (SSSR count). The molecule has 1 N–H and O–H groups in total. The van der Waals surface area contributed by atoms with Crippen LogP contribution in [0.3, 0.4) is 0 Å². The van der Waals surface area contributed by atoms with E-state index in [2.05, 4.69) is 5.32 Å². The number of hydrogen-bond acceptors (Lipinski definition) is 6. The van der Waals surface area contributed by atoms with Crippen molar-refractivity contribution in [1.29, 1.82) is 0 Å². The summed E-state index contributed by atoms with van der Waals surface area (Å²) >= 11 is 0. The molecule has 1 heterocycles. The molecule has 1 saturated heterocycles. The van der Waals surface area contributed by atoms with E-state index in [9.17, 15) is 18.0 Å². The molecule has 172 valence electrons. The third-order valence-electron chi connectivity index (χ3n) is 6.03. The van der Waals surface area contributed by atoms with Gasteiger partial charge < -0.3 is 14.8 Å². The maximum atomic E-state index is 13.5. The van der Waals surface area contributed by atoms with Crippen molar-refractivity contribution < 1.29 is 27.5 Å². The Balaban J connectivity index is 2.04. The van der Waals surface area contributed by atoms with E-state index in [1.165, 1.54) is 19.1 Å². The molecule has 1 aromatic rings. The Labute approximate surface area is 183 Å². The Morgan fingerprint density at radius 2 is 1.68 bits per heavy atom. The van der Waals surface area contributed by atoms with Crippen molar-refractivity contribution in [2.45, 2.75) is 50.6 Å². The maximum absolute atomic E-state index is 13.5. The van der Waals surface area contributed by atoms with E-state index in [1.807, 2.05) is 0 Å². The second-order valence-electron chi connectivity index (χ2n) is 8.41. The highest BCUT2D eigenvalue weighted by atomic mass is 32.2. The second kappa shape index (κ2) is 9.04. The van der Waals surface area contributed by atoms with Crippen LogP contribution in [0.4, 0.5) is 5.69 Å². The van der Waals surface area contributed by atoms with E-state index < -0.39 is 21.5 Å². The van der Waals surface area contributed by atoms with Crippen molar-refractivity contribution in [3.05, 3.63) is 18.2 Å². The Kier molecular flexibility index (Phi) is 6.80. The van der Waals surface area contributed by atoms with Crippen LogP contribution in [-0.4, -0.2) is 69.7 Å². The molecule has 0 radical (unpaired) electrons. The number of sulfonamides is 1. The number of piperazine rings is 1. The highest BCUT2D eigenvalue weighted by Crippen LogP contribution is 2.36. The number of anilines is 1. The number of ether oxygens (including phenoxy) is 2. The number of nitrogens with one attached hydrogen (secondary N) is 1. The molecular weight excluding hydrogens is 422 g/mol. The summed E-state index contributed by atoms with van der Waals surface area (Å²) in [4.78, 5) is 28.1. The van der Waals surface area contributed by atoms with E-state index in [-0.39, 0.29) is 25.0 Å². The normalized spacial score (nSPS) is 23.5. The van der Waals surface area contributed by atoms with Crippen molar-refractivity contribution in [2.75, 3.05) is 38.5 Å². The first-order chi connectivity index (χ1) is 14.6. The predicted molar refractivity (Wildman–Crippen MR) is 117 cm³/mol. The zero-order valence-electron chi connectivity index (χ0n) is 18.5. The zero-order chi connectivity index (χ0) is 22.8. The number of carbonyl (C=O) groups is 2. The highest BCUT2D eigenvalue weighted by Gasteiger charge is 2.50. The summed E-state index contributed by atoms with van der Waals surface area (Å²) in [6.07, 6.45) is 6.00.